The Balaban J connectivity index is 2.09. The number of nitrogens with zero attached hydrogens (tertiary/aromatic N) is 2. The van der Waals surface area contributed by atoms with Gasteiger partial charge in [0, 0.05) is 19.2 Å². The van der Waals surface area contributed by atoms with Crippen molar-refractivity contribution in [1.29, 1.82) is 0 Å². The molecular formula is C15H19N3O. The van der Waals surface area contributed by atoms with Crippen molar-refractivity contribution in [3.63, 3.8) is 0 Å². The van der Waals surface area contributed by atoms with Crippen molar-refractivity contribution in [2.75, 3.05) is 6.61 Å². The standard InChI is InChI=1S/C15H19N3O/c1-10-13(9-16)17-18(2)15(10)12-5-6-14-11(8-12)4-3-7-19-14/h5-6,8H,3-4,7,9,16H2,1-2H3. The summed E-state index contributed by atoms with van der Waals surface area (Å²) in [5.41, 5.74) is 11.5. The Kier molecular flexibility index (Phi) is 3.03. The van der Waals surface area contributed by atoms with Gasteiger partial charge in [-0.3, -0.25) is 4.68 Å². The predicted octanol–water partition coefficient (Wildman–Crippen LogP) is 2.18. The monoisotopic (exact) mass is 257 g/mol. The van der Waals surface area contributed by atoms with Gasteiger partial charge in [-0.25, -0.2) is 0 Å². The van der Waals surface area contributed by atoms with Crippen LogP contribution in [0, 0.1) is 6.92 Å². The van der Waals surface area contributed by atoms with Gasteiger partial charge < -0.3 is 10.5 Å². The van der Waals surface area contributed by atoms with Gasteiger partial charge in [0.1, 0.15) is 5.75 Å². The summed E-state index contributed by atoms with van der Waals surface area (Å²) in [5, 5.41) is 4.48. The SMILES string of the molecule is Cc1c(CN)nn(C)c1-c1ccc2c(c1)CCCO2. The smallest absolute Gasteiger partial charge is 0.122 e. The first-order valence-electron chi connectivity index (χ1n) is 6.69. The highest BCUT2D eigenvalue weighted by molar-refractivity contribution is 5.66. The van der Waals surface area contributed by atoms with E-state index in [0.717, 1.165) is 36.6 Å². The van der Waals surface area contributed by atoms with Crippen LogP contribution in [0.3, 0.4) is 0 Å². The van der Waals surface area contributed by atoms with Crippen molar-refractivity contribution in [3.8, 4) is 17.0 Å². The number of rotatable bonds is 2. The van der Waals surface area contributed by atoms with Crippen LogP contribution in [0.1, 0.15) is 23.2 Å². The van der Waals surface area contributed by atoms with Crippen LogP contribution in [0.15, 0.2) is 18.2 Å². The molecule has 0 amide bonds. The molecule has 1 aliphatic heterocycles. The van der Waals surface area contributed by atoms with Gasteiger partial charge in [0.15, 0.2) is 0 Å². The van der Waals surface area contributed by atoms with Crippen LogP contribution in [0.2, 0.25) is 0 Å². The maximum Gasteiger partial charge on any atom is 0.122 e. The number of nitrogens with two attached hydrogens (primary N) is 1. The third kappa shape index (κ3) is 2.02. The molecule has 2 aromatic rings. The summed E-state index contributed by atoms with van der Waals surface area (Å²) in [6.45, 7) is 3.39. The number of aromatic nitrogens is 2. The lowest BCUT2D eigenvalue weighted by molar-refractivity contribution is 0.288. The minimum Gasteiger partial charge on any atom is -0.493 e. The molecule has 0 bridgehead atoms. The van der Waals surface area contributed by atoms with Gasteiger partial charge in [0.2, 0.25) is 0 Å². The van der Waals surface area contributed by atoms with E-state index in [-0.39, 0.29) is 0 Å². The highest BCUT2D eigenvalue weighted by Gasteiger charge is 2.16. The largest absolute Gasteiger partial charge is 0.493 e. The Morgan fingerprint density at radius 3 is 3.00 bits per heavy atom. The van der Waals surface area contributed by atoms with Crippen LogP contribution >= 0.6 is 0 Å². The Bertz CT molecular complexity index is 616. The molecule has 1 aromatic carbocycles. The van der Waals surface area contributed by atoms with Gasteiger partial charge in [-0.2, -0.15) is 5.10 Å². The molecule has 3 rings (SSSR count). The van der Waals surface area contributed by atoms with Crippen molar-refractivity contribution in [2.24, 2.45) is 12.8 Å². The van der Waals surface area contributed by atoms with E-state index in [1.165, 1.54) is 16.7 Å². The molecule has 0 radical (unpaired) electrons. The van der Waals surface area contributed by atoms with Crippen LogP contribution in [0.5, 0.6) is 5.75 Å². The molecule has 100 valence electrons. The molecule has 0 aliphatic carbocycles. The van der Waals surface area contributed by atoms with Crippen LogP contribution in [-0.2, 0) is 20.0 Å². The van der Waals surface area contributed by atoms with Gasteiger partial charge in [-0.15, -0.1) is 0 Å². The lowest BCUT2D eigenvalue weighted by Gasteiger charge is -2.18. The minimum absolute atomic E-state index is 0.480. The fourth-order valence-corrected chi connectivity index (χ4v) is 2.79. The van der Waals surface area contributed by atoms with E-state index in [9.17, 15) is 0 Å². The molecule has 0 unspecified atom stereocenters. The maximum atomic E-state index is 5.73. The van der Waals surface area contributed by atoms with Crippen molar-refractivity contribution in [3.05, 3.63) is 35.0 Å². The average molecular weight is 257 g/mol. The molecule has 0 saturated heterocycles. The molecule has 2 N–H and O–H groups in total. The highest BCUT2D eigenvalue weighted by Crippen LogP contribution is 2.32. The van der Waals surface area contributed by atoms with Crippen LogP contribution in [0.4, 0.5) is 0 Å². The fourth-order valence-electron chi connectivity index (χ4n) is 2.79. The van der Waals surface area contributed by atoms with Crippen LogP contribution in [-0.4, -0.2) is 16.4 Å². The number of aryl methyl sites for hydroxylation is 2. The molecule has 1 aliphatic rings. The Morgan fingerprint density at radius 2 is 2.26 bits per heavy atom. The molecule has 0 saturated carbocycles. The molecule has 4 nitrogen and oxygen atoms in total. The fraction of sp³-hybridized carbons (Fsp3) is 0.400. The second-order valence-electron chi connectivity index (χ2n) is 5.02. The predicted molar refractivity (Wildman–Crippen MR) is 75.1 cm³/mol. The third-order valence-corrected chi connectivity index (χ3v) is 3.76. The number of fused-ring (bicyclic) bond motifs is 1. The van der Waals surface area contributed by atoms with E-state index in [0.29, 0.717) is 6.54 Å². The number of ether oxygens (including phenoxy) is 1. The number of hydrogen-bond acceptors (Lipinski definition) is 3. The zero-order valence-corrected chi connectivity index (χ0v) is 11.4. The van der Waals surface area contributed by atoms with Crippen molar-refractivity contribution in [1.82, 2.24) is 9.78 Å². The summed E-state index contributed by atoms with van der Waals surface area (Å²) in [7, 11) is 1.97. The normalized spacial score (nSPS) is 14.1. The Hall–Kier alpha value is -1.81. The zero-order valence-electron chi connectivity index (χ0n) is 11.4. The van der Waals surface area contributed by atoms with E-state index < -0.39 is 0 Å². The van der Waals surface area contributed by atoms with Gasteiger partial charge in [0.25, 0.3) is 0 Å². The van der Waals surface area contributed by atoms with Crippen molar-refractivity contribution < 1.29 is 4.74 Å². The second-order valence-corrected chi connectivity index (χ2v) is 5.02. The third-order valence-electron chi connectivity index (χ3n) is 3.76. The second kappa shape index (κ2) is 4.70. The maximum absolute atomic E-state index is 5.73. The van der Waals surface area contributed by atoms with E-state index in [1.54, 1.807) is 0 Å². The van der Waals surface area contributed by atoms with Gasteiger partial charge in [-0.05, 0) is 49.1 Å². The lowest BCUT2D eigenvalue weighted by atomic mass is 10.00. The van der Waals surface area contributed by atoms with Crippen LogP contribution in [0.25, 0.3) is 11.3 Å². The van der Waals surface area contributed by atoms with Gasteiger partial charge >= 0.3 is 0 Å². The minimum atomic E-state index is 0.480. The summed E-state index contributed by atoms with van der Waals surface area (Å²) < 4.78 is 7.58. The molecule has 0 spiro atoms. The van der Waals surface area contributed by atoms with Crippen LogP contribution < -0.4 is 10.5 Å². The molecule has 0 fully saturated rings. The first kappa shape index (κ1) is 12.2. The number of hydrogen-bond donors (Lipinski definition) is 1. The average Bonchev–Trinajstić information content (AvgIpc) is 2.73. The number of benzene rings is 1. The lowest BCUT2D eigenvalue weighted by Crippen LogP contribution is -2.08. The van der Waals surface area contributed by atoms with Gasteiger partial charge in [0.05, 0.1) is 18.0 Å². The topological polar surface area (TPSA) is 53.1 Å². The Morgan fingerprint density at radius 1 is 1.42 bits per heavy atom. The highest BCUT2D eigenvalue weighted by atomic mass is 16.5. The van der Waals surface area contributed by atoms with E-state index >= 15 is 0 Å². The zero-order chi connectivity index (χ0) is 13.4. The summed E-state index contributed by atoms with van der Waals surface area (Å²) >= 11 is 0. The van der Waals surface area contributed by atoms with E-state index in [1.807, 2.05) is 11.7 Å². The first-order chi connectivity index (χ1) is 9.20. The van der Waals surface area contributed by atoms with E-state index in [4.69, 9.17) is 10.5 Å². The quantitative estimate of drug-likeness (QED) is 0.897. The molecule has 4 heteroatoms. The van der Waals surface area contributed by atoms with Crippen molar-refractivity contribution in [2.45, 2.75) is 26.3 Å². The molecule has 2 heterocycles. The van der Waals surface area contributed by atoms with Gasteiger partial charge in [-0.1, -0.05) is 0 Å². The Labute approximate surface area is 113 Å². The summed E-state index contributed by atoms with van der Waals surface area (Å²) in [6.07, 6.45) is 2.18. The summed E-state index contributed by atoms with van der Waals surface area (Å²) in [5.74, 6) is 1.02. The summed E-state index contributed by atoms with van der Waals surface area (Å²) in [4.78, 5) is 0. The molecule has 1 aromatic heterocycles. The molecular weight excluding hydrogens is 238 g/mol. The van der Waals surface area contributed by atoms with E-state index in [2.05, 4.69) is 30.2 Å². The summed E-state index contributed by atoms with van der Waals surface area (Å²) in [6, 6.07) is 6.39. The van der Waals surface area contributed by atoms with Crippen molar-refractivity contribution >= 4 is 0 Å². The first-order valence-corrected chi connectivity index (χ1v) is 6.69. The molecule has 0 atom stereocenters. The molecule has 19 heavy (non-hydrogen) atoms.